The van der Waals surface area contributed by atoms with Crippen LogP contribution in [0, 0.1) is 20.6 Å². The van der Waals surface area contributed by atoms with Crippen LogP contribution in [0.2, 0.25) is 0 Å². The Morgan fingerprint density at radius 3 is 2.69 bits per heavy atom. The molecule has 0 saturated carbocycles. The summed E-state index contributed by atoms with van der Waals surface area (Å²) in [6.07, 6.45) is 7.17. The van der Waals surface area contributed by atoms with Crippen LogP contribution < -0.4 is 9.13 Å². The number of rotatable bonds is 2. The molecule has 0 unspecified atom stereocenters. The minimum atomic E-state index is -2.39. The van der Waals surface area contributed by atoms with Crippen molar-refractivity contribution in [2.75, 3.05) is 0 Å². The first-order valence-corrected chi connectivity index (χ1v) is 8.34. The van der Waals surface area contributed by atoms with Gasteiger partial charge in [0.05, 0.1) is 0 Å². The maximum atomic E-state index is 8.16. The van der Waals surface area contributed by atoms with Gasteiger partial charge in [0.25, 0.3) is 11.4 Å². The second-order valence-electron chi connectivity index (χ2n) is 6.62. The highest BCUT2D eigenvalue weighted by atomic mass is 15.2. The lowest BCUT2D eigenvalue weighted by Crippen LogP contribution is -2.41. The Morgan fingerprint density at radius 2 is 1.96 bits per heavy atom. The third kappa shape index (κ3) is 2.35. The second-order valence-corrected chi connectivity index (χ2v) is 6.62. The SMILES string of the molecule is [2H]C([2H])([2H])c1cc[n+](C)c(-c2c(C([2H])([2H])[2H])cc(C)c(-c3cn4ccnc4n3C)[n+]2C)c1. The van der Waals surface area contributed by atoms with Gasteiger partial charge in [0.1, 0.15) is 19.8 Å². The van der Waals surface area contributed by atoms with Crippen molar-refractivity contribution in [2.24, 2.45) is 21.1 Å². The predicted octanol–water partition coefficient (Wildman–Crippen LogP) is 2.58. The molecule has 0 aromatic carbocycles. The first kappa shape index (κ1) is 10.9. The van der Waals surface area contributed by atoms with E-state index in [1.54, 1.807) is 36.1 Å². The Balaban J connectivity index is 2.10. The summed E-state index contributed by atoms with van der Waals surface area (Å²) < 4.78 is 55.4. The van der Waals surface area contributed by atoms with Crippen LogP contribution in [0.3, 0.4) is 0 Å². The summed E-state index contributed by atoms with van der Waals surface area (Å²) in [5.41, 5.74) is 3.74. The fourth-order valence-electron chi connectivity index (χ4n) is 3.61. The van der Waals surface area contributed by atoms with Crippen LogP contribution in [0.1, 0.15) is 24.9 Å². The third-order valence-electron chi connectivity index (χ3n) is 4.87. The van der Waals surface area contributed by atoms with Gasteiger partial charge in [-0.1, -0.05) is 0 Å². The summed E-state index contributed by atoms with van der Waals surface area (Å²) in [6.45, 7) is -2.82. The van der Waals surface area contributed by atoms with E-state index in [4.69, 9.17) is 8.22 Å². The van der Waals surface area contributed by atoms with E-state index in [9.17, 15) is 0 Å². The average molecular weight is 354 g/mol. The number of aryl methyl sites for hydroxylation is 5. The number of aromatic nitrogens is 5. The molecule has 0 N–H and O–H groups in total. The topological polar surface area (TPSA) is 30.0 Å². The Kier molecular flexibility index (Phi) is 2.43. The van der Waals surface area contributed by atoms with Crippen LogP contribution in [0.5, 0.6) is 0 Å². The number of imidazole rings is 2. The van der Waals surface area contributed by atoms with E-state index in [0.29, 0.717) is 11.4 Å². The van der Waals surface area contributed by atoms with E-state index in [0.717, 1.165) is 22.7 Å². The fraction of sp³-hybridized carbons (Fsp3) is 0.286. The molecule has 5 heteroatoms. The largest absolute Gasteiger partial charge is 0.308 e. The average Bonchev–Trinajstić information content (AvgIpc) is 3.24. The minimum absolute atomic E-state index is 0.154. The second kappa shape index (κ2) is 5.80. The number of fused-ring (bicyclic) bond motifs is 1. The molecule has 0 bridgehead atoms. The molecule has 0 amide bonds. The highest BCUT2D eigenvalue weighted by Crippen LogP contribution is 2.27. The summed E-state index contributed by atoms with van der Waals surface area (Å²) in [6, 6.07) is 4.76. The van der Waals surface area contributed by atoms with Gasteiger partial charge in [-0.25, -0.2) is 4.98 Å². The molecule has 0 fully saturated rings. The number of hydrogen-bond donors (Lipinski definition) is 0. The highest BCUT2D eigenvalue weighted by Gasteiger charge is 2.29. The zero-order valence-electron chi connectivity index (χ0n) is 21.3. The smallest absolute Gasteiger partial charge is 0.280 e. The first-order valence-electron chi connectivity index (χ1n) is 11.3. The van der Waals surface area contributed by atoms with Crippen LogP contribution in [0.15, 0.2) is 43.0 Å². The zero-order chi connectivity index (χ0) is 23.6. The minimum Gasteiger partial charge on any atom is -0.308 e. The number of pyridine rings is 2. The van der Waals surface area contributed by atoms with Crippen molar-refractivity contribution < 1.29 is 17.4 Å². The Bertz CT molecular complexity index is 1340. The van der Waals surface area contributed by atoms with Gasteiger partial charge in [-0.15, -0.1) is 0 Å². The summed E-state index contributed by atoms with van der Waals surface area (Å²) >= 11 is 0. The monoisotopic (exact) mass is 353 g/mol. The molecule has 0 aliphatic heterocycles. The van der Waals surface area contributed by atoms with E-state index in [-0.39, 0.29) is 11.1 Å². The summed E-state index contributed by atoms with van der Waals surface area (Å²) in [5.74, 6) is 0.760. The highest BCUT2D eigenvalue weighted by molar-refractivity contribution is 5.63. The van der Waals surface area contributed by atoms with Crippen molar-refractivity contribution >= 4 is 5.78 Å². The van der Waals surface area contributed by atoms with E-state index in [1.807, 2.05) is 46.9 Å². The number of hydrogen-bond acceptors (Lipinski definition) is 1. The molecular weight excluding hydrogens is 322 g/mol. The van der Waals surface area contributed by atoms with E-state index in [2.05, 4.69) is 4.98 Å². The van der Waals surface area contributed by atoms with Crippen LogP contribution in [-0.4, -0.2) is 14.0 Å². The molecule has 0 spiro atoms. The lowest BCUT2D eigenvalue weighted by Gasteiger charge is -2.10. The van der Waals surface area contributed by atoms with Gasteiger partial charge in [0.2, 0.25) is 11.5 Å². The lowest BCUT2D eigenvalue weighted by molar-refractivity contribution is -0.685. The Morgan fingerprint density at radius 1 is 1.12 bits per heavy atom. The van der Waals surface area contributed by atoms with Gasteiger partial charge in [0.15, 0.2) is 6.20 Å². The molecule has 5 nitrogen and oxygen atoms in total. The van der Waals surface area contributed by atoms with Gasteiger partial charge in [-0.05, 0) is 32.3 Å². The molecule has 4 aromatic heterocycles. The van der Waals surface area contributed by atoms with E-state index < -0.39 is 13.7 Å². The molecule has 0 aliphatic rings. The molecule has 4 aromatic rings. The molecule has 0 saturated heterocycles. The van der Waals surface area contributed by atoms with E-state index in [1.165, 1.54) is 6.07 Å². The van der Waals surface area contributed by atoms with Crippen molar-refractivity contribution in [3.05, 3.63) is 59.7 Å². The molecule has 0 atom stereocenters. The van der Waals surface area contributed by atoms with Gasteiger partial charge < -0.3 is 4.57 Å². The third-order valence-corrected chi connectivity index (χ3v) is 4.87. The maximum Gasteiger partial charge on any atom is 0.280 e. The Labute approximate surface area is 162 Å². The zero-order valence-corrected chi connectivity index (χ0v) is 15.3. The summed E-state index contributed by atoms with van der Waals surface area (Å²) in [7, 11) is 5.49. The first-order chi connectivity index (χ1) is 14.8. The van der Waals surface area contributed by atoms with Crippen molar-refractivity contribution in [2.45, 2.75) is 20.6 Å². The molecule has 4 heterocycles. The molecule has 132 valence electrons. The molecular formula is C21H25N5+2. The van der Waals surface area contributed by atoms with Crippen molar-refractivity contribution in [3.63, 3.8) is 0 Å². The standard InChI is InChI=1S/C21H25N5/c1-14-7-9-23(4)17(11-14)19-15(2)12-16(3)20(25(19)6)18-13-26-10-8-22-21(26)24(18)5/h7-13H,1-6H3/q+2/i1D3,2D3. The van der Waals surface area contributed by atoms with Crippen molar-refractivity contribution in [1.82, 2.24) is 14.0 Å². The molecule has 4 rings (SSSR count). The van der Waals surface area contributed by atoms with Gasteiger partial charge in [-0.2, -0.15) is 9.13 Å². The van der Waals surface area contributed by atoms with Crippen molar-refractivity contribution in [3.8, 4) is 22.8 Å². The van der Waals surface area contributed by atoms with E-state index >= 15 is 0 Å². The van der Waals surface area contributed by atoms with Gasteiger partial charge in [-0.3, -0.25) is 4.40 Å². The van der Waals surface area contributed by atoms with Crippen LogP contribution in [-0.2, 0) is 21.1 Å². The predicted molar refractivity (Wildman–Crippen MR) is 102 cm³/mol. The maximum absolute atomic E-state index is 8.16. The van der Waals surface area contributed by atoms with Crippen molar-refractivity contribution in [1.29, 1.82) is 0 Å². The number of nitrogens with zero attached hydrogens (tertiary/aromatic N) is 5. The van der Waals surface area contributed by atoms with Gasteiger partial charge >= 0.3 is 0 Å². The molecule has 26 heavy (non-hydrogen) atoms. The van der Waals surface area contributed by atoms with Crippen LogP contribution >= 0.6 is 0 Å². The molecule has 0 aliphatic carbocycles. The lowest BCUT2D eigenvalue weighted by atomic mass is 10.0. The summed E-state index contributed by atoms with van der Waals surface area (Å²) in [4.78, 5) is 4.37. The van der Waals surface area contributed by atoms with Gasteiger partial charge in [0, 0.05) is 57.1 Å². The van der Waals surface area contributed by atoms with Crippen LogP contribution in [0.4, 0.5) is 0 Å². The Hall–Kier alpha value is -2.95. The summed E-state index contributed by atoms with van der Waals surface area (Å²) in [5, 5.41) is 0. The normalized spacial score (nSPS) is 15.8. The molecule has 0 radical (unpaired) electrons. The quantitative estimate of drug-likeness (QED) is 0.510. The fourth-order valence-corrected chi connectivity index (χ4v) is 3.61. The van der Waals surface area contributed by atoms with Crippen LogP contribution in [0.25, 0.3) is 28.6 Å².